The summed E-state index contributed by atoms with van der Waals surface area (Å²) in [4.78, 5) is 4.36. The summed E-state index contributed by atoms with van der Waals surface area (Å²) in [6.07, 6.45) is 2.88. The van der Waals surface area contributed by atoms with Crippen molar-refractivity contribution in [1.29, 1.82) is 0 Å². The van der Waals surface area contributed by atoms with Crippen LogP contribution in [-0.2, 0) is 9.84 Å². The van der Waals surface area contributed by atoms with Gasteiger partial charge in [-0.2, -0.15) is 0 Å². The number of nitrogens with zero attached hydrogens (tertiary/aromatic N) is 1. The van der Waals surface area contributed by atoms with Crippen LogP contribution < -0.4 is 11.3 Å². The maximum absolute atomic E-state index is 12.0. The van der Waals surface area contributed by atoms with E-state index in [1.807, 2.05) is 30.3 Å². The second-order valence-corrected chi connectivity index (χ2v) is 8.03. The molecule has 1 aromatic heterocycles. The minimum Gasteiger partial charge on any atom is -0.271 e. The van der Waals surface area contributed by atoms with E-state index in [1.165, 1.54) is 6.26 Å². The molecule has 0 amide bonds. The van der Waals surface area contributed by atoms with E-state index in [-0.39, 0.29) is 0 Å². The number of hydrogen-bond donors (Lipinski definition) is 2. The largest absolute Gasteiger partial charge is 0.271 e. The normalized spacial score (nSPS) is 14.4. The fourth-order valence-electron chi connectivity index (χ4n) is 2.16. The van der Waals surface area contributed by atoms with Crippen LogP contribution in [0.2, 0.25) is 0 Å². The lowest BCUT2D eigenvalue weighted by Crippen LogP contribution is -2.47. The van der Waals surface area contributed by atoms with E-state index in [2.05, 4.69) is 10.4 Å². The maximum Gasteiger partial charge on any atom is 0.154 e. The number of aromatic nitrogens is 1. The van der Waals surface area contributed by atoms with E-state index in [4.69, 9.17) is 5.84 Å². The molecular formula is C14H19N3O2S. The summed E-state index contributed by atoms with van der Waals surface area (Å²) < 4.78 is 22.9. The van der Waals surface area contributed by atoms with Gasteiger partial charge in [-0.1, -0.05) is 18.2 Å². The van der Waals surface area contributed by atoms with E-state index in [9.17, 15) is 8.42 Å². The van der Waals surface area contributed by atoms with Gasteiger partial charge in [0.1, 0.15) is 0 Å². The topological polar surface area (TPSA) is 85.1 Å². The van der Waals surface area contributed by atoms with Gasteiger partial charge in [0.25, 0.3) is 0 Å². The van der Waals surface area contributed by atoms with E-state index < -0.39 is 20.6 Å². The van der Waals surface area contributed by atoms with Crippen LogP contribution in [0.4, 0.5) is 0 Å². The molecule has 0 spiro atoms. The molecule has 2 rings (SSSR count). The van der Waals surface area contributed by atoms with Crippen molar-refractivity contribution in [2.24, 2.45) is 5.84 Å². The molecule has 6 heteroatoms. The second kappa shape index (κ2) is 5.12. The molecular weight excluding hydrogens is 274 g/mol. The standard InChI is InChI=1S/C14H19N3O2S/c1-14(2,20(3,18)19)13(17-15)11-8-10-6-4-5-7-12(10)16-9-11/h4-9,13,17H,15H2,1-3H3. The van der Waals surface area contributed by atoms with Crippen LogP contribution in [0.3, 0.4) is 0 Å². The van der Waals surface area contributed by atoms with Gasteiger partial charge in [0.2, 0.25) is 0 Å². The van der Waals surface area contributed by atoms with Gasteiger partial charge in [-0.05, 0) is 31.5 Å². The smallest absolute Gasteiger partial charge is 0.154 e. The minimum atomic E-state index is -3.29. The first-order valence-electron chi connectivity index (χ1n) is 6.28. The second-order valence-electron chi connectivity index (χ2n) is 5.44. The molecule has 2 aromatic rings. The van der Waals surface area contributed by atoms with Gasteiger partial charge in [-0.3, -0.25) is 16.3 Å². The van der Waals surface area contributed by atoms with Crippen molar-refractivity contribution in [3.63, 3.8) is 0 Å². The average molecular weight is 293 g/mol. The first-order chi connectivity index (χ1) is 9.27. The van der Waals surface area contributed by atoms with Crippen molar-refractivity contribution in [2.75, 3.05) is 6.26 Å². The Morgan fingerprint density at radius 1 is 1.30 bits per heavy atom. The SMILES string of the molecule is CC(C)(C(NN)c1cnc2ccccc2c1)S(C)(=O)=O. The van der Waals surface area contributed by atoms with Gasteiger partial charge in [-0.15, -0.1) is 0 Å². The third kappa shape index (κ3) is 2.54. The predicted octanol–water partition coefficient (Wildman–Crippen LogP) is 1.56. The van der Waals surface area contributed by atoms with Crippen molar-refractivity contribution in [2.45, 2.75) is 24.6 Å². The number of benzene rings is 1. The molecule has 0 saturated heterocycles. The molecule has 1 unspecified atom stereocenters. The highest BCUT2D eigenvalue weighted by atomic mass is 32.2. The molecule has 0 fully saturated rings. The number of sulfone groups is 1. The highest BCUT2D eigenvalue weighted by molar-refractivity contribution is 7.92. The summed E-state index contributed by atoms with van der Waals surface area (Å²) in [5.74, 6) is 5.59. The van der Waals surface area contributed by atoms with Gasteiger partial charge >= 0.3 is 0 Å². The van der Waals surface area contributed by atoms with Crippen molar-refractivity contribution < 1.29 is 8.42 Å². The third-order valence-corrected chi connectivity index (χ3v) is 5.91. The summed E-state index contributed by atoms with van der Waals surface area (Å²) in [5, 5.41) is 0.953. The number of hydrazine groups is 1. The summed E-state index contributed by atoms with van der Waals surface area (Å²) in [5.41, 5.74) is 4.23. The number of rotatable bonds is 4. The van der Waals surface area contributed by atoms with Crippen LogP contribution in [0.5, 0.6) is 0 Å². The Morgan fingerprint density at radius 2 is 1.95 bits per heavy atom. The van der Waals surface area contributed by atoms with Crippen LogP contribution in [-0.4, -0.2) is 24.4 Å². The van der Waals surface area contributed by atoms with Crippen molar-refractivity contribution in [3.05, 3.63) is 42.1 Å². The Balaban J connectivity index is 2.55. The number of pyridine rings is 1. The first kappa shape index (κ1) is 14.9. The molecule has 0 bridgehead atoms. The summed E-state index contributed by atoms with van der Waals surface area (Å²) >= 11 is 0. The van der Waals surface area contributed by atoms with E-state index in [0.29, 0.717) is 0 Å². The lowest BCUT2D eigenvalue weighted by Gasteiger charge is -2.32. The fourth-order valence-corrected chi connectivity index (χ4v) is 2.79. The molecule has 0 aliphatic carbocycles. The molecule has 1 atom stereocenters. The maximum atomic E-state index is 12.0. The quantitative estimate of drug-likeness (QED) is 0.660. The molecule has 0 saturated carbocycles. The zero-order valence-corrected chi connectivity index (χ0v) is 12.6. The van der Waals surface area contributed by atoms with Crippen LogP contribution >= 0.6 is 0 Å². The van der Waals surface area contributed by atoms with Gasteiger partial charge in [0, 0.05) is 17.8 Å². The van der Waals surface area contributed by atoms with Crippen molar-refractivity contribution >= 4 is 20.7 Å². The molecule has 20 heavy (non-hydrogen) atoms. The molecule has 5 nitrogen and oxygen atoms in total. The number of nitrogens with two attached hydrogens (primary N) is 1. The first-order valence-corrected chi connectivity index (χ1v) is 8.17. The van der Waals surface area contributed by atoms with Crippen molar-refractivity contribution in [1.82, 2.24) is 10.4 Å². The molecule has 1 aromatic carbocycles. The Kier molecular flexibility index (Phi) is 3.82. The number of nitrogens with one attached hydrogen (secondary N) is 1. The Hall–Kier alpha value is -1.50. The molecule has 0 radical (unpaired) electrons. The van der Waals surface area contributed by atoms with Crippen LogP contribution in [0.15, 0.2) is 36.5 Å². The Bertz CT molecular complexity index is 726. The summed E-state index contributed by atoms with van der Waals surface area (Å²) in [6.45, 7) is 3.31. The lowest BCUT2D eigenvalue weighted by atomic mass is 9.96. The monoisotopic (exact) mass is 293 g/mol. The highest BCUT2D eigenvalue weighted by Crippen LogP contribution is 2.32. The highest BCUT2D eigenvalue weighted by Gasteiger charge is 2.39. The third-order valence-electron chi connectivity index (χ3n) is 3.76. The van der Waals surface area contributed by atoms with Crippen LogP contribution in [0.25, 0.3) is 10.9 Å². The van der Waals surface area contributed by atoms with E-state index >= 15 is 0 Å². The zero-order valence-electron chi connectivity index (χ0n) is 11.8. The molecule has 3 N–H and O–H groups in total. The summed E-state index contributed by atoms with van der Waals surface area (Å²) in [7, 11) is -3.29. The lowest BCUT2D eigenvalue weighted by molar-refractivity contribution is 0.427. The minimum absolute atomic E-state index is 0.533. The van der Waals surface area contributed by atoms with Crippen molar-refractivity contribution in [3.8, 4) is 0 Å². The number of hydrogen-bond acceptors (Lipinski definition) is 5. The van der Waals surface area contributed by atoms with Gasteiger partial charge in [0.15, 0.2) is 9.84 Å². The average Bonchev–Trinajstić information content (AvgIpc) is 2.38. The van der Waals surface area contributed by atoms with Gasteiger partial charge in [-0.25, -0.2) is 8.42 Å². The molecule has 0 aliphatic heterocycles. The zero-order chi connectivity index (χ0) is 15.0. The molecule has 1 heterocycles. The van der Waals surface area contributed by atoms with Crippen LogP contribution in [0, 0.1) is 0 Å². The molecule has 0 aliphatic rings. The summed E-state index contributed by atoms with van der Waals surface area (Å²) in [6, 6.07) is 9.06. The van der Waals surface area contributed by atoms with Gasteiger partial charge < -0.3 is 0 Å². The number of para-hydroxylation sites is 1. The van der Waals surface area contributed by atoms with E-state index in [0.717, 1.165) is 16.5 Å². The van der Waals surface area contributed by atoms with Crippen LogP contribution in [0.1, 0.15) is 25.5 Å². The number of fused-ring (bicyclic) bond motifs is 1. The predicted molar refractivity (Wildman–Crippen MR) is 80.7 cm³/mol. The molecule has 108 valence electrons. The Morgan fingerprint density at radius 3 is 2.55 bits per heavy atom. The van der Waals surface area contributed by atoms with E-state index in [1.54, 1.807) is 20.0 Å². The Labute approximate surface area is 119 Å². The van der Waals surface area contributed by atoms with Gasteiger partial charge in [0.05, 0.1) is 16.3 Å². The fraction of sp³-hybridized carbons (Fsp3) is 0.357.